The van der Waals surface area contributed by atoms with Crippen molar-refractivity contribution in [1.29, 1.82) is 0 Å². The average Bonchev–Trinajstić information content (AvgIpc) is 2.99. The molecule has 20 heavy (non-hydrogen) atoms. The summed E-state index contributed by atoms with van der Waals surface area (Å²) in [5.74, 6) is 1.03. The number of hydrogen-bond acceptors (Lipinski definition) is 2. The zero-order chi connectivity index (χ0) is 14.1. The van der Waals surface area contributed by atoms with Crippen molar-refractivity contribution in [2.75, 3.05) is 0 Å². The van der Waals surface area contributed by atoms with Gasteiger partial charge in [0, 0.05) is 30.7 Å². The lowest BCUT2D eigenvalue weighted by atomic mass is 10.1. The van der Waals surface area contributed by atoms with E-state index in [9.17, 15) is 0 Å². The summed E-state index contributed by atoms with van der Waals surface area (Å²) in [5, 5.41) is 1.30. The molecular formula is C16H20N4. The predicted molar refractivity (Wildman–Crippen MR) is 81.5 cm³/mol. The second-order valence-corrected chi connectivity index (χ2v) is 5.18. The smallest absolute Gasteiger partial charge is 0.105 e. The topological polar surface area (TPSA) is 59.6 Å². The number of hydrogen-bond donors (Lipinski definition) is 2. The van der Waals surface area contributed by atoms with Gasteiger partial charge < -0.3 is 15.3 Å². The van der Waals surface area contributed by atoms with Crippen molar-refractivity contribution in [2.24, 2.45) is 12.8 Å². The summed E-state index contributed by atoms with van der Waals surface area (Å²) < 4.78 is 2.09. The van der Waals surface area contributed by atoms with Crippen LogP contribution in [0.3, 0.4) is 0 Å². The highest BCUT2D eigenvalue weighted by Gasteiger charge is 2.11. The Labute approximate surface area is 118 Å². The Morgan fingerprint density at radius 1 is 1.25 bits per heavy atom. The van der Waals surface area contributed by atoms with Gasteiger partial charge in [-0.3, -0.25) is 0 Å². The van der Waals surface area contributed by atoms with Gasteiger partial charge in [0.1, 0.15) is 5.82 Å². The van der Waals surface area contributed by atoms with Crippen molar-refractivity contribution >= 4 is 10.9 Å². The number of benzene rings is 1. The van der Waals surface area contributed by atoms with Crippen LogP contribution in [0.1, 0.15) is 22.8 Å². The van der Waals surface area contributed by atoms with Gasteiger partial charge >= 0.3 is 0 Å². The summed E-state index contributed by atoms with van der Waals surface area (Å²) in [5.41, 5.74) is 10.6. The third-order valence-corrected chi connectivity index (χ3v) is 4.02. The van der Waals surface area contributed by atoms with E-state index in [1.165, 1.54) is 16.5 Å². The first kappa shape index (κ1) is 12.9. The van der Waals surface area contributed by atoms with E-state index >= 15 is 0 Å². The minimum atomic E-state index is 0.542. The fourth-order valence-electron chi connectivity index (χ4n) is 2.77. The van der Waals surface area contributed by atoms with E-state index in [0.29, 0.717) is 6.54 Å². The maximum Gasteiger partial charge on any atom is 0.105 e. The van der Waals surface area contributed by atoms with Gasteiger partial charge in [-0.2, -0.15) is 0 Å². The Morgan fingerprint density at radius 2 is 2.05 bits per heavy atom. The van der Waals surface area contributed by atoms with Gasteiger partial charge in [-0.15, -0.1) is 0 Å². The van der Waals surface area contributed by atoms with Gasteiger partial charge in [0.05, 0.1) is 11.4 Å². The van der Waals surface area contributed by atoms with Gasteiger partial charge in [0.15, 0.2) is 0 Å². The Kier molecular flexibility index (Phi) is 3.32. The highest BCUT2D eigenvalue weighted by atomic mass is 15.1. The molecule has 104 valence electrons. The SMILES string of the molecule is Cc1nc(CCc2c[nH]c3ccccc23)c(CN)n1C. The van der Waals surface area contributed by atoms with Gasteiger partial charge in [-0.1, -0.05) is 18.2 Å². The molecule has 2 aromatic heterocycles. The van der Waals surface area contributed by atoms with Gasteiger partial charge in [0.2, 0.25) is 0 Å². The van der Waals surface area contributed by atoms with E-state index < -0.39 is 0 Å². The Hall–Kier alpha value is -2.07. The van der Waals surface area contributed by atoms with Crippen LogP contribution in [0.4, 0.5) is 0 Å². The third kappa shape index (κ3) is 2.12. The molecule has 0 saturated carbocycles. The highest BCUT2D eigenvalue weighted by molar-refractivity contribution is 5.83. The first-order valence-corrected chi connectivity index (χ1v) is 6.97. The molecule has 0 aliphatic rings. The summed E-state index contributed by atoms with van der Waals surface area (Å²) in [6.45, 7) is 2.56. The summed E-state index contributed by atoms with van der Waals surface area (Å²) in [7, 11) is 2.03. The number of nitrogens with one attached hydrogen (secondary N) is 1. The quantitative estimate of drug-likeness (QED) is 0.763. The molecule has 0 unspecified atom stereocenters. The number of H-pyrrole nitrogens is 1. The minimum absolute atomic E-state index is 0.542. The number of para-hydroxylation sites is 1. The van der Waals surface area contributed by atoms with E-state index in [1.807, 2.05) is 14.0 Å². The second-order valence-electron chi connectivity index (χ2n) is 5.18. The van der Waals surface area contributed by atoms with Crippen molar-refractivity contribution in [3.63, 3.8) is 0 Å². The van der Waals surface area contributed by atoms with Crippen molar-refractivity contribution in [3.05, 3.63) is 53.2 Å². The molecule has 0 amide bonds. The van der Waals surface area contributed by atoms with E-state index in [2.05, 4.69) is 45.0 Å². The molecule has 0 saturated heterocycles. The van der Waals surface area contributed by atoms with E-state index in [1.54, 1.807) is 0 Å². The van der Waals surface area contributed by atoms with Gasteiger partial charge in [0.25, 0.3) is 0 Å². The van der Waals surface area contributed by atoms with Crippen LogP contribution in [-0.4, -0.2) is 14.5 Å². The highest BCUT2D eigenvalue weighted by Crippen LogP contribution is 2.20. The van der Waals surface area contributed by atoms with Crippen LogP contribution in [0.25, 0.3) is 10.9 Å². The Balaban J connectivity index is 1.85. The minimum Gasteiger partial charge on any atom is -0.361 e. The normalized spacial score (nSPS) is 11.3. The summed E-state index contributed by atoms with van der Waals surface area (Å²) in [6, 6.07) is 8.40. The third-order valence-electron chi connectivity index (χ3n) is 4.02. The molecule has 3 rings (SSSR count). The number of aromatic nitrogens is 3. The summed E-state index contributed by atoms with van der Waals surface area (Å²) >= 11 is 0. The number of rotatable bonds is 4. The number of aryl methyl sites for hydroxylation is 3. The molecule has 2 heterocycles. The fraction of sp³-hybridized carbons (Fsp3) is 0.312. The molecule has 0 aliphatic heterocycles. The summed E-state index contributed by atoms with van der Waals surface area (Å²) in [4.78, 5) is 7.95. The molecule has 0 radical (unpaired) electrons. The zero-order valence-corrected chi connectivity index (χ0v) is 12.0. The largest absolute Gasteiger partial charge is 0.361 e. The maximum atomic E-state index is 5.84. The maximum absolute atomic E-state index is 5.84. The molecule has 4 heteroatoms. The first-order valence-electron chi connectivity index (χ1n) is 6.97. The van der Waals surface area contributed by atoms with Crippen LogP contribution in [0.15, 0.2) is 30.5 Å². The number of fused-ring (bicyclic) bond motifs is 1. The Bertz CT molecular complexity index is 736. The zero-order valence-electron chi connectivity index (χ0n) is 12.0. The number of imidazole rings is 1. The number of nitrogens with two attached hydrogens (primary N) is 1. The standard InChI is InChI=1S/C16H20N4/c1-11-19-15(16(9-17)20(11)2)8-7-12-10-18-14-6-4-3-5-13(12)14/h3-6,10,18H,7-9,17H2,1-2H3. The lowest BCUT2D eigenvalue weighted by molar-refractivity contribution is 0.780. The Morgan fingerprint density at radius 3 is 2.85 bits per heavy atom. The average molecular weight is 268 g/mol. The van der Waals surface area contributed by atoms with E-state index in [0.717, 1.165) is 30.1 Å². The monoisotopic (exact) mass is 268 g/mol. The number of aromatic amines is 1. The van der Waals surface area contributed by atoms with Crippen LogP contribution in [0.5, 0.6) is 0 Å². The van der Waals surface area contributed by atoms with Gasteiger partial charge in [-0.05, 0) is 31.4 Å². The molecule has 0 fully saturated rings. The van der Waals surface area contributed by atoms with E-state index in [4.69, 9.17) is 5.73 Å². The lowest BCUT2D eigenvalue weighted by Crippen LogP contribution is -2.07. The van der Waals surface area contributed by atoms with Crippen LogP contribution in [0, 0.1) is 6.92 Å². The van der Waals surface area contributed by atoms with Crippen molar-refractivity contribution in [3.8, 4) is 0 Å². The molecule has 0 spiro atoms. The van der Waals surface area contributed by atoms with Crippen LogP contribution < -0.4 is 5.73 Å². The second kappa shape index (κ2) is 5.13. The van der Waals surface area contributed by atoms with Crippen LogP contribution in [0.2, 0.25) is 0 Å². The van der Waals surface area contributed by atoms with Crippen molar-refractivity contribution in [2.45, 2.75) is 26.3 Å². The first-order chi connectivity index (χ1) is 9.70. The van der Waals surface area contributed by atoms with Crippen LogP contribution >= 0.6 is 0 Å². The molecule has 0 atom stereocenters. The fourth-order valence-corrected chi connectivity index (χ4v) is 2.77. The molecule has 3 N–H and O–H groups in total. The molecule has 0 bridgehead atoms. The van der Waals surface area contributed by atoms with Crippen molar-refractivity contribution in [1.82, 2.24) is 14.5 Å². The van der Waals surface area contributed by atoms with Crippen LogP contribution in [-0.2, 0) is 26.4 Å². The summed E-state index contributed by atoms with van der Waals surface area (Å²) in [6.07, 6.45) is 4.01. The molecule has 3 aromatic rings. The van der Waals surface area contributed by atoms with Gasteiger partial charge in [-0.25, -0.2) is 4.98 Å². The molecule has 1 aromatic carbocycles. The van der Waals surface area contributed by atoms with Crippen molar-refractivity contribution < 1.29 is 0 Å². The number of nitrogens with zero attached hydrogens (tertiary/aromatic N) is 2. The molecular weight excluding hydrogens is 248 g/mol. The lowest BCUT2D eigenvalue weighted by Gasteiger charge is -2.03. The molecule has 4 nitrogen and oxygen atoms in total. The van der Waals surface area contributed by atoms with E-state index in [-0.39, 0.29) is 0 Å². The molecule has 0 aliphatic carbocycles. The predicted octanol–water partition coefficient (Wildman–Crippen LogP) is 2.45.